The van der Waals surface area contributed by atoms with E-state index in [0.717, 1.165) is 6.08 Å². The number of hydrogen-bond donors (Lipinski definition) is 1. The second kappa shape index (κ2) is 5.29. The van der Waals surface area contributed by atoms with Crippen molar-refractivity contribution < 1.29 is 23.4 Å². The molecule has 0 aromatic heterocycles. The van der Waals surface area contributed by atoms with Crippen LogP contribution in [0.1, 0.15) is 0 Å². The summed E-state index contributed by atoms with van der Waals surface area (Å²) in [6, 6.07) is -0.656. The van der Waals surface area contributed by atoms with Crippen LogP contribution in [0.4, 0.5) is 13.6 Å². The van der Waals surface area contributed by atoms with Crippen molar-refractivity contribution >= 4 is 24.5 Å². The van der Waals surface area contributed by atoms with Gasteiger partial charge in [-0.15, -0.1) is 0 Å². The maximum absolute atomic E-state index is 14.8. The minimum absolute atomic E-state index is 0.173. The number of carbonyl (C=O) groups is 1. The van der Waals surface area contributed by atoms with Gasteiger partial charge in [0.15, 0.2) is 0 Å². The van der Waals surface area contributed by atoms with Gasteiger partial charge in [-0.05, 0) is 0 Å². The number of ether oxygens (including phenoxy) is 1. The Kier molecular flexibility index (Phi) is 4.17. The molecule has 1 fully saturated rings. The molecule has 112 valence electrons. The van der Waals surface area contributed by atoms with Crippen LogP contribution in [0.3, 0.4) is 0 Å². The van der Waals surface area contributed by atoms with Gasteiger partial charge in [0.05, 0.1) is 0 Å². The fraction of sp³-hybridized carbons (Fsp3) is 0.615. The van der Waals surface area contributed by atoms with E-state index in [1.54, 1.807) is 0 Å². The van der Waals surface area contributed by atoms with E-state index in [9.17, 15) is 13.6 Å². The number of aliphatic hydroxyl groups excluding tert-OH is 1. The van der Waals surface area contributed by atoms with Crippen molar-refractivity contribution in [3.8, 4) is 0 Å². The molecular weight excluding hydrogens is 375 g/mol. The Morgan fingerprint density at radius 3 is 2.65 bits per heavy atom. The Morgan fingerprint density at radius 2 is 2.20 bits per heavy atom. The summed E-state index contributed by atoms with van der Waals surface area (Å²) in [5.41, 5.74) is 0. The van der Waals surface area contributed by atoms with E-state index in [1.807, 2.05) is 14.8 Å². The topological polar surface area (TPSA) is 49.8 Å². The van der Waals surface area contributed by atoms with Crippen molar-refractivity contribution in [2.24, 2.45) is 0 Å². The molecule has 3 unspecified atom stereocenters. The molecular formula is C13H19F2NO3Sn. The van der Waals surface area contributed by atoms with E-state index in [0.29, 0.717) is 0 Å². The average Bonchev–Trinajstić information content (AvgIpc) is 2.73. The average molecular weight is 394 g/mol. The fourth-order valence-electron chi connectivity index (χ4n) is 2.32. The molecule has 1 aliphatic heterocycles. The van der Waals surface area contributed by atoms with Crippen LogP contribution in [0, 0.1) is 0 Å². The second-order valence-corrected chi connectivity index (χ2v) is 21.1. The molecule has 0 radical (unpaired) electrons. The second-order valence-electron chi connectivity index (χ2n) is 6.17. The third-order valence-electron chi connectivity index (χ3n) is 3.75. The van der Waals surface area contributed by atoms with Crippen LogP contribution in [0.2, 0.25) is 14.8 Å². The van der Waals surface area contributed by atoms with Gasteiger partial charge in [-0.25, -0.2) is 0 Å². The molecule has 2 rings (SSSR count). The number of allylic oxidation sites excluding steroid dienone is 2. The predicted molar refractivity (Wildman–Crippen MR) is 73.4 cm³/mol. The number of alkyl halides is 1. The number of amides is 1. The van der Waals surface area contributed by atoms with Crippen LogP contribution in [-0.2, 0) is 4.74 Å². The van der Waals surface area contributed by atoms with E-state index < -0.39 is 46.1 Å². The summed E-state index contributed by atoms with van der Waals surface area (Å²) in [6.45, 7) is -0.109. The van der Waals surface area contributed by atoms with E-state index in [2.05, 4.69) is 0 Å². The maximum atomic E-state index is 14.8. The van der Waals surface area contributed by atoms with Crippen LogP contribution >= 0.6 is 0 Å². The van der Waals surface area contributed by atoms with Gasteiger partial charge >= 0.3 is 121 Å². The third kappa shape index (κ3) is 2.59. The van der Waals surface area contributed by atoms with Gasteiger partial charge in [0.2, 0.25) is 0 Å². The molecule has 3 atom stereocenters. The van der Waals surface area contributed by atoms with Crippen molar-refractivity contribution in [3.63, 3.8) is 0 Å². The van der Waals surface area contributed by atoms with Gasteiger partial charge in [-0.3, -0.25) is 0 Å². The number of rotatable bonds is 3. The molecule has 2 aliphatic rings. The van der Waals surface area contributed by atoms with Gasteiger partial charge in [-0.1, -0.05) is 0 Å². The van der Waals surface area contributed by atoms with E-state index in [-0.39, 0.29) is 13.2 Å². The first-order valence-corrected chi connectivity index (χ1v) is 16.5. The quantitative estimate of drug-likeness (QED) is 0.590. The summed E-state index contributed by atoms with van der Waals surface area (Å²) in [4.78, 5) is 18.4. The first-order chi connectivity index (χ1) is 9.19. The molecule has 1 aliphatic carbocycles. The molecule has 1 N–H and O–H groups in total. The minimum atomic E-state index is -3.19. The number of carbonyl (C=O) groups excluding carboxylic acids is 1. The molecule has 0 spiro atoms. The Labute approximate surface area is 121 Å². The van der Waals surface area contributed by atoms with Gasteiger partial charge in [0, 0.05) is 0 Å². The van der Waals surface area contributed by atoms with Gasteiger partial charge < -0.3 is 0 Å². The summed E-state index contributed by atoms with van der Waals surface area (Å²) >= 11 is -3.19. The molecule has 7 heteroatoms. The van der Waals surface area contributed by atoms with E-state index in [4.69, 9.17) is 9.84 Å². The Balaban J connectivity index is 2.20. The summed E-state index contributed by atoms with van der Waals surface area (Å²) in [7, 11) is 0. The summed E-state index contributed by atoms with van der Waals surface area (Å²) < 4.78 is 31.9. The zero-order chi connectivity index (χ0) is 15.1. The van der Waals surface area contributed by atoms with Crippen molar-refractivity contribution in [1.29, 1.82) is 0 Å². The summed E-state index contributed by atoms with van der Waals surface area (Å²) in [6.07, 6.45) is 2.68. The van der Waals surface area contributed by atoms with Crippen molar-refractivity contribution in [2.45, 2.75) is 30.6 Å². The van der Waals surface area contributed by atoms with Gasteiger partial charge in [0.25, 0.3) is 0 Å². The predicted octanol–water partition coefficient (Wildman–Crippen LogP) is 2.18. The van der Waals surface area contributed by atoms with Crippen LogP contribution in [0.5, 0.6) is 0 Å². The van der Waals surface area contributed by atoms with Crippen LogP contribution in [0.25, 0.3) is 0 Å². The molecule has 0 aromatic carbocycles. The molecule has 0 saturated carbocycles. The van der Waals surface area contributed by atoms with Crippen molar-refractivity contribution in [2.75, 3.05) is 13.2 Å². The van der Waals surface area contributed by atoms with Crippen molar-refractivity contribution in [1.82, 2.24) is 4.90 Å². The van der Waals surface area contributed by atoms with Crippen LogP contribution < -0.4 is 0 Å². The standard InChI is InChI=1S/C10H10F2NO3.3CH3.Sn/c11-8-2-1-6(3-9(8)12)13-4-7(5-14)16-10(13)15;;;;/h1-3,6-7,14H,4-5H2;3*1H3;. The Bertz CT molecular complexity index is 475. The third-order valence-corrected chi connectivity index (χ3v) is 11.1. The molecule has 20 heavy (non-hydrogen) atoms. The normalized spacial score (nSPS) is 34.2. The number of nitrogens with zero attached hydrogens (tertiary/aromatic N) is 1. The Morgan fingerprint density at radius 1 is 1.55 bits per heavy atom. The molecule has 1 heterocycles. The van der Waals surface area contributed by atoms with E-state index >= 15 is 0 Å². The molecule has 0 aromatic rings. The van der Waals surface area contributed by atoms with E-state index in [1.165, 1.54) is 17.1 Å². The van der Waals surface area contributed by atoms with Gasteiger partial charge in [0.1, 0.15) is 0 Å². The van der Waals surface area contributed by atoms with Crippen LogP contribution in [0.15, 0.2) is 24.1 Å². The summed E-state index contributed by atoms with van der Waals surface area (Å²) in [5, 5.41) is 8.98. The van der Waals surface area contributed by atoms with Gasteiger partial charge in [-0.2, -0.15) is 0 Å². The Hall–Kier alpha value is -0.631. The molecule has 4 nitrogen and oxygen atoms in total. The fourth-order valence-corrected chi connectivity index (χ4v) is 6.30. The summed E-state index contributed by atoms with van der Waals surface area (Å²) in [5.74, 6) is -0.812. The first kappa shape index (κ1) is 15.8. The molecule has 0 bridgehead atoms. The van der Waals surface area contributed by atoms with Crippen molar-refractivity contribution in [3.05, 3.63) is 24.1 Å². The molecule has 1 saturated heterocycles. The number of cyclic esters (lactones) is 1. The number of halogens is 2. The van der Waals surface area contributed by atoms with Crippen LogP contribution in [-0.4, -0.2) is 63.5 Å². The SMILES string of the molecule is [CH3][Sn]([CH3])([CH3])[C]1(F)C=CC(N2CC(CO)OC2=O)C=C1F. The zero-order valence-corrected chi connectivity index (χ0v) is 14.6. The first-order valence-electron chi connectivity index (χ1n) is 6.53. The number of hydrogen-bond acceptors (Lipinski definition) is 3. The monoisotopic (exact) mass is 395 g/mol. The molecule has 1 amide bonds. The zero-order valence-electron chi connectivity index (χ0n) is 11.8. The number of aliphatic hydroxyl groups is 1.